The molecule has 0 N–H and O–H groups in total. The Morgan fingerprint density at radius 1 is 0.817 bits per heavy atom. The molecule has 4 heteroatoms. The number of hydrogen-bond donors (Lipinski definition) is 0. The summed E-state index contributed by atoms with van der Waals surface area (Å²) in [6, 6.07) is 29.7. The Hall–Kier alpha value is -6.15. The number of allylic oxidation sites excluding steroid dienone is 18. The highest BCUT2D eigenvalue weighted by Gasteiger charge is 2.31. The lowest BCUT2D eigenvalue weighted by Crippen LogP contribution is -2.18. The molecule has 3 nitrogen and oxygen atoms in total. The molecular weight excluding hydrogens is 746 g/mol. The van der Waals surface area contributed by atoms with Crippen molar-refractivity contribution in [1.29, 1.82) is 0 Å². The van der Waals surface area contributed by atoms with E-state index in [0.29, 0.717) is 0 Å². The summed E-state index contributed by atoms with van der Waals surface area (Å²) in [5, 5.41) is 4.99. The maximum Gasteiger partial charge on any atom is 0.0541 e. The molecule has 0 saturated heterocycles. The lowest BCUT2D eigenvalue weighted by atomic mass is 9.96. The van der Waals surface area contributed by atoms with Gasteiger partial charge in [-0.3, -0.25) is 0 Å². The van der Waals surface area contributed by atoms with Crippen LogP contribution in [0.4, 0.5) is 0 Å². The number of rotatable bonds is 12. The molecule has 1 atom stereocenters. The van der Waals surface area contributed by atoms with E-state index in [-0.39, 0.29) is 5.92 Å². The number of para-hydroxylation sites is 1. The molecular formula is C56H56N3P. The van der Waals surface area contributed by atoms with Crippen LogP contribution in [0.15, 0.2) is 181 Å². The van der Waals surface area contributed by atoms with E-state index in [1.807, 2.05) is 18.8 Å². The SMILES string of the molecule is C=C/C(=C\C=C/C)n1c2ccccc2c2cc(-c3ccc4c(c3)c3cc(/C(=C/C=C5\C(C)C(/C=C\CC)=C(C)N5/C(C=P)=C/C)CC)ccc3n4C3=CCCC=C3)ccc21. The quantitative estimate of drug-likeness (QED) is 0.0887. The molecule has 8 rings (SSSR count). The van der Waals surface area contributed by atoms with Crippen LogP contribution in [0.5, 0.6) is 0 Å². The van der Waals surface area contributed by atoms with Gasteiger partial charge in [0.05, 0.1) is 22.1 Å². The number of nitrogens with zero attached hydrogens (tertiary/aromatic N) is 3. The number of aromatic nitrogens is 2. The van der Waals surface area contributed by atoms with Crippen molar-refractivity contribution < 1.29 is 0 Å². The molecule has 0 fully saturated rings. The molecule has 4 aromatic carbocycles. The Bertz CT molecular complexity index is 2970. The van der Waals surface area contributed by atoms with Crippen LogP contribution < -0.4 is 0 Å². The van der Waals surface area contributed by atoms with Crippen molar-refractivity contribution in [3.63, 3.8) is 0 Å². The smallest absolute Gasteiger partial charge is 0.0541 e. The number of benzene rings is 4. The molecule has 6 aromatic rings. The summed E-state index contributed by atoms with van der Waals surface area (Å²) in [4.78, 5) is 2.40. The van der Waals surface area contributed by atoms with Gasteiger partial charge in [0, 0.05) is 55.9 Å². The Morgan fingerprint density at radius 3 is 2.18 bits per heavy atom. The summed E-state index contributed by atoms with van der Waals surface area (Å²) >= 11 is 0. The van der Waals surface area contributed by atoms with Crippen molar-refractivity contribution in [2.45, 2.75) is 67.2 Å². The van der Waals surface area contributed by atoms with Crippen LogP contribution in [-0.4, -0.2) is 19.8 Å². The van der Waals surface area contributed by atoms with Crippen LogP contribution in [0.1, 0.15) is 72.8 Å². The second-order valence-corrected chi connectivity index (χ2v) is 16.0. The molecule has 60 heavy (non-hydrogen) atoms. The van der Waals surface area contributed by atoms with Gasteiger partial charge in [0.2, 0.25) is 0 Å². The van der Waals surface area contributed by atoms with Gasteiger partial charge in [0.1, 0.15) is 0 Å². The summed E-state index contributed by atoms with van der Waals surface area (Å²) in [5.41, 5.74) is 17.1. The highest BCUT2D eigenvalue weighted by molar-refractivity contribution is 7.19. The molecule has 3 heterocycles. The lowest BCUT2D eigenvalue weighted by Gasteiger charge is -2.24. The van der Waals surface area contributed by atoms with E-state index < -0.39 is 0 Å². The first-order valence-corrected chi connectivity index (χ1v) is 22.1. The van der Waals surface area contributed by atoms with E-state index in [9.17, 15) is 0 Å². The molecule has 1 unspecified atom stereocenters. The van der Waals surface area contributed by atoms with E-state index in [1.54, 1.807) is 0 Å². The first-order valence-electron chi connectivity index (χ1n) is 21.6. The van der Waals surface area contributed by atoms with E-state index in [0.717, 1.165) is 37.1 Å². The van der Waals surface area contributed by atoms with Crippen LogP contribution in [0.3, 0.4) is 0 Å². The molecule has 0 amide bonds. The predicted molar refractivity (Wildman–Crippen MR) is 267 cm³/mol. The third kappa shape index (κ3) is 7.16. The second-order valence-electron chi connectivity index (χ2n) is 15.7. The Morgan fingerprint density at radius 2 is 1.52 bits per heavy atom. The minimum Gasteiger partial charge on any atom is -0.317 e. The third-order valence-electron chi connectivity index (χ3n) is 12.3. The Labute approximate surface area is 358 Å². The molecule has 1 aliphatic carbocycles. The van der Waals surface area contributed by atoms with Crippen LogP contribution >= 0.6 is 8.86 Å². The van der Waals surface area contributed by atoms with Crippen molar-refractivity contribution in [2.75, 3.05) is 0 Å². The van der Waals surface area contributed by atoms with E-state index >= 15 is 0 Å². The van der Waals surface area contributed by atoms with E-state index in [4.69, 9.17) is 0 Å². The zero-order chi connectivity index (χ0) is 41.9. The Kier molecular flexibility index (Phi) is 11.9. The normalized spacial score (nSPS) is 17.6. The first kappa shape index (κ1) is 40.6. The highest BCUT2D eigenvalue weighted by Crippen LogP contribution is 2.42. The van der Waals surface area contributed by atoms with Gasteiger partial charge < -0.3 is 14.0 Å². The molecule has 300 valence electrons. The summed E-state index contributed by atoms with van der Waals surface area (Å²) < 4.78 is 4.79. The fourth-order valence-electron chi connectivity index (χ4n) is 9.25. The molecule has 0 saturated carbocycles. The summed E-state index contributed by atoms with van der Waals surface area (Å²) in [6.45, 7) is 17.4. The van der Waals surface area contributed by atoms with Crippen molar-refractivity contribution in [3.8, 4) is 11.1 Å². The average molecular weight is 802 g/mol. The largest absolute Gasteiger partial charge is 0.317 e. The van der Waals surface area contributed by atoms with Crippen LogP contribution in [-0.2, 0) is 0 Å². The third-order valence-corrected chi connectivity index (χ3v) is 12.6. The standard InChI is InChI=1S/C56H56N3P/c1-8-13-20-44(11-4)58-53-25-19-18-24-48(53)49-35-42(28-32-54(49)58)43-29-33-56-51(36-43)50-34-41(27-31-55(50)59(56)46-21-16-15-17-22-46)40(10-3)26-30-52-38(6)47(23-14-9-2)39(7)57(52)45(12-5)37-60/h8,11-14,16,18-38,60H,4,9-10,15,17H2,1-3,5-7H3/b13-8-,23-14-,40-26+,44-20+,45-12+,52-30+. The number of hydrogen-bond acceptors (Lipinski definition) is 1. The average Bonchev–Trinajstić information content (AvgIpc) is 3.87. The van der Waals surface area contributed by atoms with Crippen LogP contribution in [0.2, 0.25) is 0 Å². The highest BCUT2D eigenvalue weighted by atomic mass is 31.0. The summed E-state index contributed by atoms with van der Waals surface area (Å²) in [7, 11) is 3.71. The van der Waals surface area contributed by atoms with Gasteiger partial charge >= 0.3 is 0 Å². The predicted octanol–water partition coefficient (Wildman–Crippen LogP) is 16.1. The zero-order valence-corrected chi connectivity index (χ0v) is 37.0. The first-order chi connectivity index (χ1) is 29.4. The maximum absolute atomic E-state index is 4.17. The molecule has 1 aliphatic heterocycles. The summed E-state index contributed by atoms with van der Waals surface area (Å²) in [5.74, 6) is 2.29. The zero-order valence-electron chi connectivity index (χ0n) is 36.0. The molecule has 2 aromatic heterocycles. The second kappa shape index (κ2) is 17.6. The van der Waals surface area contributed by atoms with Gasteiger partial charge in [-0.15, -0.1) is 8.86 Å². The number of fused-ring (bicyclic) bond motifs is 6. The van der Waals surface area contributed by atoms with Crippen LogP contribution in [0.25, 0.3) is 71.7 Å². The van der Waals surface area contributed by atoms with Crippen molar-refractivity contribution >= 4 is 75.2 Å². The van der Waals surface area contributed by atoms with E-state index in [1.165, 1.54) is 88.5 Å². The van der Waals surface area contributed by atoms with E-state index in [2.05, 4.69) is 210 Å². The monoisotopic (exact) mass is 801 g/mol. The van der Waals surface area contributed by atoms with Gasteiger partial charge in [-0.1, -0.05) is 112 Å². The van der Waals surface area contributed by atoms with Gasteiger partial charge in [-0.25, -0.2) is 0 Å². The topological polar surface area (TPSA) is 13.1 Å². The van der Waals surface area contributed by atoms with Crippen molar-refractivity contribution in [3.05, 3.63) is 187 Å². The fraction of sp³-hybridized carbons (Fsp3) is 0.196. The summed E-state index contributed by atoms with van der Waals surface area (Å²) in [6.07, 6.45) is 30.7. The van der Waals surface area contributed by atoms with Gasteiger partial charge in [0.25, 0.3) is 0 Å². The maximum atomic E-state index is 4.17. The molecule has 2 aliphatic rings. The van der Waals surface area contributed by atoms with Crippen molar-refractivity contribution in [2.24, 2.45) is 5.92 Å². The lowest BCUT2D eigenvalue weighted by molar-refractivity contribution is 0.547. The van der Waals surface area contributed by atoms with Crippen molar-refractivity contribution in [1.82, 2.24) is 14.0 Å². The minimum atomic E-state index is 0.272. The molecule has 0 radical (unpaired) electrons. The van der Waals surface area contributed by atoms with Crippen LogP contribution in [0, 0.1) is 5.92 Å². The Balaban J connectivity index is 1.28. The fourth-order valence-corrected chi connectivity index (χ4v) is 9.54. The molecule has 0 spiro atoms. The van der Waals surface area contributed by atoms with Gasteiger partial charge in [-0.2, -0.15) is 0 Å². The molecule has 0 bridgehead atoms. The van der Waals surface area contributed by atoms with Gasteiger partial charge in [0.15, 0.2) is 0 Å². The minimum absolute atomic E-state index is 0.272. The van der Waals surface area contributed by atoms with Gasteiger partial charge in [-0.05, 0) is 147 Å².